The third-order valence-electron chi connectivity index (χ3n) is 3.22. The first-order valence-electron chi connectivity index (χ1n) is 6.88. The summed E-state index contributed by atoms with van der Waals surface area (Å²) in [5.41, 5.74) is 2.35. The van der Waals surface area contributed by atoms with E-state index in [9.17, 15) is 0 Å². The van der Waals surface area contributed by atoms with Crippen molar-refractivity contribution < 1.29 is 14.2 Å². The number of hydrogen-bond acceptors (Lipinski definition) is 4. The molecule has 106 valence electrons. The summed E-state index contributed by atoms with van der Waals surface area (Å²) in [7, 11) is 1.68. The van der Waals surface area contributed by atoms with Gasteiger partial charge in [-0.05, 0) is 30.5 Å². The molecule has 0 bridgehead atoms. The van der Waals surface area contributed by atoms with Crippen molar-refractivity contribution in [2.75, 3.05) is 38.9 Å². The van der Waals surface area contributed by atoms with E-state index in [2.05, 4.69) is 29.6 Å². The van der Waals surface area contributed by atoms with Crippen LogP contribution in [0.25, 0.3) is 0 Å². The first-order chi connectivity index (χ1) is 9.38. The SMILES string of the molecule is COCCOCc1cccc(NC2CCOCC2)c1. The Morgan fingerprint density at radius 1 is 1.26 bits per heavy atom. The van der Waals surface area contributed by atoms with Crippen molar-refractivity contribution in [2.24, 2.45) is 0 Å². The van der Waals surface area contributed by atoms with E-state index < -0.39 is 0 Å². The average molecular weight is 265 g/mol. The third kappa shape index (κ3) is 5.19. The highest BCUT2D eigenvalue weighted by atomic mass is 16.5. The predicted octanol–water partition coefficient (Wildman–Crippen LogP) is 2.44. The van der Waals surface area contributed by atoms with Crippen LogP contribution in [0, 0.1) is 0 Å². The van der Waals surface area contributed by atoms with Gasteiger partial charge in [0.15, 0.2) is 0 Å². The highest BCUT2D eigenvalue weighted by Crippen LogP contribution is 2.17. The molecule has 1 aliphatic rings. The molecule has 0 aliphatic carbocycles. The molecule has 1 N–H and O–H groups in total. The number of methoxy groups -OCH3 is 1. The zero-order valence-electron chi connectivity index (χ0n) is 11.6. The Hall–Kier alpha value is -1.10. The lowest BCUT2D eigenvalue weighted by Gasteiger charge is -2.24. The molecule has 0 radical (unpaired) electrons. The number of rotatable bonds is 7. The number of nitrogens with one attached hydrogen (secondary N) is 1. The highest BCUT2D eigenvalue weighted by Gasteiger charge is 2.13. The van der Waals surface area contributed by atoms with Crippen LogP contribution < -0.4 is 5.32 Å². The molecule has 0 amide bonds. The van der Waals surface area contributed by atoms with Gasteiger partial charge in [-0.15, -0.1) is 0 Å². The van der Waals surface area contributed by atoms with Crippen molar-refractivity contribution in [3.8, 4) is 0 Å². The topological polar surface area (TPSA) is 39.7 Å². The molecular formula is C15H23NO3. The molecule has 0 spiro atoms. The van der Waals surface area contributed by atoms with E-state index in [1.54, 1.807) is 7.11 Å². The fraction of sp³-hybridized carbons (Fsp3) is 0.600. The van der Waals surface area contributed by atoms with Crippen LogP contribution in [0.4, 0.5) is 5.69 Å². The second-order valence-corrected chi connectivity index (χ2v) is 4.78. The number of ether oxygens (including phenoxy) is 3. The Kier molecular flexibility index (Phi) is 6.14. The van der Waals surface area contributed by atoms with E-state index in [-0.39, 0.29) is 0 Å². The maximum Gasteiger partial charge on any atom is 0.0718 e. The van der Waals surface area contributed by atoms with Crippen LogP contribution in [0.15, 0.2) is 24.3 Å². The van der Waals surface area contributed by atoms with Gasteiger partial charge in [0.05, 0.1) is 19.8 Å². The molecule has 1 heterocycles. The van der Waals surface area contributed by atoms with Crippen LogP contribution >= 0.6 is 0 Å². The van der Waals surface area contributed by atoms with Gasteiger partial charge >= 0.3 is 0 Å². The molecular weight excluding hydrogens is 242 g/mol. The maximum atomic E-state index is 5.53. The predicted molar refractivity (Wildman–Crippen MR) is 75.4 cm³/mol. The van der Waals surface area contributed by atoms with Crippen LogP contribution in [0.1, 0.15) is 18.4 Å². The van der Waals surface area contributed by atoms with Gasteiger partial charge in [-0.3, -0.25) is 0 Å². The van der Waals surface area contributed by atoms with Crippen molar-refractivity contribution in [1.29, 1.82) is 0 Å². The molecule has 0 atom stereocenters. The van der Waals surface area contributed by atoms with Gasteiger partial charge in [-0.1, -0.05) is 12.1 Å². The lowest BCUT2D eigenvalue weighted by Crippen LogP contribution is -2.27. The summed E-state index contributed by atoms with van der Waals surface area (Å²) in [6.45, 7) is 3.62. The quantitative estimate of drug-likeness (QED) is 0.769. The Morgan fingerprint density at radius 3 is 2.89 bits per heavy atom. The molecule has 1 aromatic carbocycles. The van der Waals surface area contributed by atoms with Crippen molar-refractivity contribution >= 4 is 5.69 Å². The number of benzene rings is 1. The van der Waals surface area contributed by atoms with Gasteiger partial charge < -0.3 is 19.5 Å². The van der Waals surface area contributed by atoms with Gasteiger partial charge in [0.1, 0.15) is 0 Å². The lowest BCUT2D eigenvalue weighted by atomic mass is 10.1. The van der Waals surface area contributed by atoms with Crippen LogP contribution in [0.3, 0.4) is 0 Å². The fourth-order valence-corrected chi connectivity index (χ4v) is 2.16. The minimum Gasteiger partial charge on any atom is -0.382 e. The number of hydrogen-bond donors (Lipinski definition) is 1. The van der Waals surface area contributed by atoms with Gasteiger partial charge in [-0.2, -0.15) is 0 Å². The van der Waals surface area contributed by atoms with Crippen LogP contribution in [0.5, 0.6) is 0 Å². The molecule has 0 saturated carbocycles. The summed E-state index contributed by atoms with van der Waals surface area (Å²) >= 11 is 0. The molecule has 1 aromatic rings. The van der Waals surface area contributed by atoms with Crippen molar-refractivity contribution in [3.63, 3.8) is 0 Å². The van der Waals surface area contributed by atoms with Crippen molar-refractivity contribution in [1.82, 2.24) is 0 Å². The van der Waals surface area contributed by atoms with Crippen LogP contribution in [-0.4, -0.2) is 39.6 Å². The molecule has 0 aromatic heterocycles. The number of anilines is 1. The standard InChI is InChI=1S/C15H23NO3/c1-17-9-10-19-12-13-3-2-4-15(11-13)16-14-5-7-18-8-6-14/h2-4,11,14,16H,5-10,12H2,1H3. The molecule has 1 aliphatic heterocycles. The Morgan fingerprint density at radius 2 is 2.11 bits per heavy atom. The van der Waals surface area contributed by atoms with Crippen molar-refractivity contribution in [3.05, 3.63) is 29.8 Å². The summed E-state index contributed by atoms with van der Waals surface area (Å²) in [6, 6.07) is 8.94. The zero-order chi connectivity index (χ0) is 13.3. The molecule has 1 saturated heterocycles. The smallest absolute Gasteiger partial charge is 0.0718 e. The summed E-state index contributed by atoms with van der Waals surface area (Å²) < 4.78 is 15.9. The Balaban J connectivity index is 1.80. The highest BCUT2D eigenvalue weighted by molar-refractivity contribution is 5.46. The first kappa shape index (κ1) is 14.3. The minimum absolute atomic E-state index is 0.526. The lowest BCUT2D eigenvalue weighted by molar-refractivity contribution is 0.0617. The second kappa shape index (κ2) is 8.15. The summed E-state index contributed by atoms with van der Waals surface area (Å²) in [5, 5.41) is 3.56. The van der Waals surface area contributed by atoms with E-state index >= 15 is 0 Å². The largest absolute Gasteiger partial charge is 0.382 e. The summed E-state index contributed by atoms with van der Waals surface area (Å²) in [5.74, 6) is 0. The molecule has 4 nitrogen and oxygen atoms in total. The maximum absolute atomic E-state index is 5.53. The van der Waals surface area contributed by atoms with E-state index in [0.29, 0.717) is 25.9 Å². The zero-order valence-corrected chi connectivity index (χ0v) is 11.6. The van der Waals surface area contributed by atoms with Crippen molar-refractivity contribution in [2.45, 2.75) is 25.5 Å². The summed E-state index contributed by atoms with van der Waals surface area (Å²) in [4.78, 5) is 0. The minimum atomic E-state index is 0.526. The second-order valence-electron chi connectivity index (χ2n) is 4.78. The van der Waals surface area contributed by atoms with Crippen LogP contribution in [-0.2, 0) is 20.8 Å². The van der Waals surface area contributed by atoms with E-state index in [1.165, 1.54) is 11.3 Å². The first-order valence-corrected chi connectivity index (χ1v) is 6.88. The average Bonchev–Trinajstić information content (AvgIpc) is 2.45. The van der Waals surface area contributed by atoms with Gasteiger partial charge in [0.25, 0.3) is 0 Å². The van der Waals surface area contributed by atoms with E-state index in [4.69, 9.17) is 14.2 Å². The van der Waals surface area contributed by atoms with Gasteiger partial charge in [-0.25, -0.2) is 0 Å². The Bertz CT molecular complexity index is 364. The fourth-order valence-electron chi connectivity index (χ4n) is 2.16. The molecule has 2 rings (SSSR count). The van der Waals surface area contributed by atoms with Crippen LogP contribution in [0.2, 0.25) is 0 Å². The molecule has 0 unspecified atom stereocenters. The van der Waals surface area contributed by atoms with E-state index in [1.807, 2.05) is 0 Å². The molecule has 19 heavy (non-hydrogen) atoms. The van der Waals surface area contributed by atoms with E-state index in [0.717, 1.165) is 26.1 Å². The Labute approximate surface area is 115 Å². The molecule has 1 fully saturated rings. The van der Waals surface area contributed by atoms with Gasteiger partial charge in [0, 0.05) is 32.1 Å². The monoisotopic (exact) mass is 265 g/mol. The third-order valence-corrected chi connectivity index (χ3v) is 3.22. The molecule has 4 heteroatoms. The van der Waals surface area contributed by atoms with Gasteiger partial charge in [0.2, 0.25) is 0 Å². The normalized spacial score (nSPS) is 16.5. The summed E-state index contributed by atoms with van der Waals surface area (Å²) in [6.07, 6.45) is 2.16.